The van der Waals surface area contributed by atoms with Gasteiger partial charge in [0, 0.05) is 0 Å². The molecule has 6 heteroatoms. The molecular weight excluding hydrogens is 312 g/mol. The first-order chi connectivity index (χ1) is 11.6. The van der Waals surface area contributed by atoms with Crippen LogP contribution in [0.25, 0.3) is 0 Å². The van der Waals surface area contributed by atoms with E-state index < -0.39 is 24.1 Å². The molecule has 0 fully saturated rings. The van der Waals surface area contributed by atoms with Gasteiger partial charge in [0.2, 0.25) is 0 Å². The molecule has 2 aromatic rings. The molecule has 6 nitrogen and oxygen atoms in total. The number of hydrogen-bond donors (Lipinski definition) is 0. The van der Waals surface area contributed by atoms with Gasteiger partial charge in [-0.05, 0) is 24.3 Å². The first-order valence-corrected chi connectivity index (χ1v) is 7.21. The van der Waals surface area contributed by atoms with Crippen LogP contribution in [0.1, 0.15) is 0 Å². The number of benzene rings is 2. The van der Waals surface area contributed by atoms with Crippen molar-refractivity contribution in [1.29, 1.82) is 0 Å². The summed E-state index contributed by atoms with van der Waals surface area (Å²) < 4.78 is 20.7. The molecule has 0 heterocycles. The van der Waals surface area contributed by atoms with Gasteiger partial charge < -0.3 is 18.9 Å². The molecule has 0 aliphatic heterocycles. The van der Waals surface area contributed by atoms with E-state index in [4.69, 9.17) is 18.9 Å². The maximum atomic E-state index is 12.3. The summed E-state index contributed by atoms with van der Waals surface area (Å²) in [7, 11) is 2.33. The fraction of sp³-hybridized carbons (Fsp3) is 0.222. The minimum Gasteiger partial charge on any atom is -0.488 e. The Labute approximate surface area is 139 Å². The maximum Gasteiger partial charge on any atom is 0.366 e. The molecular formula is C18H18O6. The van der Waals surface area contributed by atoms with Crippen molar-refractivity contribution in [1.82, 2.24) is 0 Å². The van der Waals surface area contributed by atoms with E-state index in [-0.39, 0.29) is 0 Å². The van der Waals surface area contributed by atoms with Crippen LogP contribution in [0.5, 0.6) is 11.5 Å². The van der Waals surface area contributed by atoms with Crippen LogP contribution in [0.4, 0.5) is 0 Å². The Morgan fingerprint density at radius 2 is 1.25 bits per heavy atom. The van der Waals surface area contributed by atoms with Crippen LogP contribution in [0.2, 0.25) is 0 Å². The van der Waals surface area contributed by atoms with Crippen molar-refractivity contribution >= 4 is 11.9 Å². The van der Waals surface area contributed by atoms with Crippen LogP contribution in [0.3, 0.4) is 0 Å². The van der Waals surface area contributed by atoms with Gasteiger partial charge in [0.15, 0.2) is 6.61 Å². The van der Waals surface area contributed by atoms with E-state index >= 15 is 0 Å². The summed E-state index contributed by atoms with van der Waals surface area (Å²) in [5.41, 5.74) is -2.07. The molecule has 0 bridgehead atoms. The summed E-state index contributed by atoms with van der Waals surface area (Å²) in [6.07, 6.45) is 0. The van der Waals surface area contributed by atoms with E-state index in [0.717, 1.165) is 14.2 Å². The van der Waals surface area contributed by atoms with Gasteiger partial charge in [0.25, 0.3) is 0 Å². The van der Waals surface area contributed by atoms with Crippen LogP contribution in [0, 0.1) is 0 Å². The highest BCUT2D eigenvalue weighted by Gasteiger charge is 2.53. The second-order valence-corrected chi connectivity index (χ2v) is 4.83. The number of carbonyl (C=O) groups is 2. The number of rotatable bonds is 7. The van der Waals surface area contributed by atoms with Crippen molar-refractivity contribution in [2.45, 2.75) is 5.60 Å². The quantitative estimate of drug-likeness (QED) is 0.573. The number of para-hydroxylation sites is 2. The molecule has 0 radical (unpaired) electrons. The Bertz CT molecular complexity index is 652. The van der Waals surface area contributed by atoms with Gasteiger partial charge in [-0.1, -0.05) is 36.4 Å². The second-order valence-electron chi connectivity index (χ2n) is 4.83. The molecule has 0 aliphatic rings. The lowest BCUT2D eigenvalue weighted by molar-refractivity contribution is -0.179. The lowest BCUT2D eigenvalue weighted by Gasteiger charge is -2.28. The highest BCUT2D eigenvalue weighted by molar-refractivity contribution is 6.04. The normalized spacial score (nSPS) is 10.6. The molecule has 24 heavy (non-hydrogen) atoms. The summed E-state index contributed by atoms with van der Waals surface area (Å²) in [6.45, 7) is -0.398. The zero-order valence-corrected chi connectivity index (χ0v) is 13.4. The van der Waals surface area contributed by atoms with Crippen molar-refractivity contribution in [2.24, 2.45) is 0 Å². The number of ether oxygens (including phenoxy) is 4. The number of methoxy groups -OCH3 is 2. The van der Waals surface area contributed by atoms with Gasteiger partial charge in [-0.3, -0.25) is 0 Å². The first-order valence-electron chi connectivity index (χ1n) is 7.21. The van der Waals surface area contributed by atoms with Crippen molar-refractivity contribution in [3.05, 3.63) is 60.7 Å². The Hall–Kier alpha value is -3.02. The number of hydrogen-bond acceptors (Lipinski definition) is 6. The zero-order chi connectivity index (χ0) is 17.4. The molecule has 2 aromatic carbocycles. The van der Waals surface area contributed by atoms with Crippen molar-refractivity contribution in [2.75, 3.05) is 20.8 Å². The predicted octanol–water partition coefficient (Wildman–Crippen LogP) is 2.23. The van der Waals surface area contributed by atoms with E-state index in [1.54, 1.807) is 54.6 Å². The highest BCUT2D eigenvalue weighted by Crippen LogP contribution is 2.23. The van der Waals surface area contributed by atoms with E-state index in [2.05, 4.69) is 0 Å². The fourth-order valence-electron chi connectivity index (χ4n) is 2.04. The second kappa shape index (κ2) is 8.01. The highest BCUT2D eigenvalue weighted by atomic mass is 16.6. The SMILES string of the molecule is COC(=O)C(COc1ccccc1)(Oc1ccccc1)C(=O)OC. The summed E-state index contributed by atoms with van der Waals surface area (Å²) >= 11 is 0. The molecule has 0 aromatic heterocycles. The number of esters is 2. The van der Waals surface area contributed by atoms with Crippen molar-refractivity contribution in [3.63, 3.8) is 0 Å². The third kappa shape index (κ3) is 3.84. The molecule has 0 spiro atoms. The Morgan fingerprint density at radius 3 is 1.71 bits per heavy atom. The maximum absolute atomic E-state index is 12.3. The van der Waals surface area contributed by atoms with Crippen LogP contribution < -0.4 is 9.47 Å². The standard InChI is InChI=1S/C18H18O6/c1-21-16(19)18(17(20)22-2,24-15-11-7-4-8-12-15)13-23-14-9-5-3-6-10-14/h3-12H,13H2,1-2H3. The predicted molar refractivity (Wildman–Crippen MR) is 85.8 cm³/mol. The minimum absolute atomic E-state index is 0.310. The molecule has 0 saturated carbocycles. The molecule has 126 valence electrons. The van der Waals surface area contributed by atoms with Gasteiger partial charge in [-0.25, -0.2) is 9.59 Å². The zero-order valence-electron chi connectivity index (χ0n) is 13.4. The Balaban J connectivity index is 2.33. The summed E-state index contributed by atoms with van der Waals surface area (Å²) in [6, 6.07) is 17.2. The molecule has 0 amide bonds. The first kappa shape index (κ1) is 17.3. The lowest BCUT2D eigenvalue weighted by Crippen LogP contribution is -2.57. The fourth-order valence-corrected chi connectivity index (χ4v) is 2.04. The monoisotopic (exact) mass is 330 g/mol. The molecule has 0 unspecified atom stereocenters. The summed E-state index contributed by atoms with van der Waals surface area (Å²) in [5, 5.41) is 0. The van der Waals surface area contributed by atoms with Gasteiger partial charge in [-0.15, -0.1) is 0 Å². The number of carbonyl (C=O) groups excluding carboxylic acids is 2. The third-order valence-electron chi connectivity index (χ3n) is 3.25. The molecule has 0 saturated heterocycles. The summed E-state index contributed by atoms with van der Waals surface area (Å²) in [4.78, 5) is 24.7. The van der Waals surface area contributed by atoms with E-state index in [1.165, 1.54) is 0 Å². The Kier molecular flexibility index (Phi) is 5.78. The van der Waals surface area contributed by atoms with Crippen LogP contribution in [0.15, 0.2) is 60.7 Å². The smallest absolute Gasteiger partial charge is 0.366 e. The van der Waals surface area contributed by atoms with Crippen LogP contribution in [-0.4, -0.2) is 38.4 Å². The van der Waals surface area contributed by atoms with E-state index in [9.17, 15) is 9.59 Å². The Morgan fingerprint density at radius 1 is 0.792 bits per heavy atom. The van der Waals surface area contributed by atoms with Crippen LogP contribution >= 0.6 is 0 Å². The van der Waals surface area contributed by atoms with E-state index in [0.29, 0.717) is 11.5 Å². The van der Waals surface area contributed by atoms with Gasteiger partial charge in [0.1, 0.15) is 11.5 Å². The molecule has 0 N–H and O–H groups in total. The molecule has 0 aliphatic carbocycles. The van der Waals surface area contributed by atoms with Crippen molar-refractivity contribution in [3.8, 4) is 11.5 Å². The van der Waals surface area contributed by atoms with Gasteiger partial charge in [0.05, 0.1) is 14.2 Å². The van der Waals surface area contributed by atoms with Crippen LogP contribution in [-0.2, 0) is 19.1 Å². The summed E-state index contributed by atoms with van der Waals surface area (Å²) in [5.74, 6) is -1.03. The lowest BCUT2D eigenvalue weighted by atomic mass is 10.1. The van der Waals surface area contributed by atoms with Gasteiger partial charge in [-0.2, -0.15) is 0 Å². The largest absolute Gasteiger partial charge is 0.488 e. The van der Waals surface area contributed by atoms with E-state index in [1.807, 2.05) is 6.07 Å². The third-order valence-corrected chi connectivity index (χ3v) is 3.25. The van der Waals surface area contributed by atoms with Gasteiger partial charge >= 0.3 is 17.5 Å². The topological polar surface area (TPSA) is 71.1 Å². The minimum atomic E-state index is -2.07. The van der Waals surface area contributed by atoms with Crippen molar-refractivity contribution < 1.29 is 28.5 Å². The molecule has 0 atom stereocenters. The average molecular weight is 330 g/mol. The average Bonchev–Trinajstić information content (AvgIpc) is 2.65. The molecule has 2 rings (SSSR count).